The van der Waals surface area contributed by atoms with Crippen molar-refractivity contribution in [3.8, 4) is 0 Å². The van der Waals surface area contributed by atoms with E-state index in [0.29, 0.717) is 5.56 Å². The van der Waals surface area contributed by atoms with E-state index in [2.05, 4.69) is 0 Å². The number of hydrogen-bond acceptors (Lipinski definition) is 2. The van der Waals surface area contributed by atoms with E-state index in [-0.39, 0.29) is 5.02 Å². The zero-order chi connectivity index (χ0) is 10.2. The van der Waals surface area contributed by atoms with Gasteiger partial charge in [0, 0.05) is 10.7 Å². The zero-order valence-electron chi connectivity index (χ0n) is 6.51. The third kappa shape index (κ3) is 2.33. The first-order valence-corrected chi connectivity index (χ1v) is 5.91. The van der Waals surface area contributed by atoms with Crippen LogP contribution in [0.3, 0.4) is 0 Å². The van der Waals surface area contributed by atoms with Crippen molar-refractivity contribution in [1.29, 1.82) is 0 Å². The maximum atomic E-state index is 13.1. The fourth-order valence-corrected chi connectivity index (χ4v) is 2.19. The van der Waals surface area contributed by atoms with Gasteiger partial charge in [-0.25, -0.2) is 12.8 Å². The summed E-state index contributed by atoms with van der Waals surface area (Å²) in [4.78, 5) is -0.584. The Hall–Kier alpha value is -0.320. The van der Waals surface area contributed by atoms with Crippen molar-refractivity contribution in [2.24, 2.45) is 0 Å². The van der Waals surface area contributed by atoms with Gasteiger partial charge >= 0.3 is 0 Å². The van der Waals surface area contributed by atoms with Crippen molar-refractivity contribution in [2.75, 3.05) is 0 Å². The van der Waals surface area contributed by atoms with Gasteiger partial charge < -0.3 is 0 Å². The summed E-state index contributed by atoms with van der Waals surface area (Å²) in [6, 6.07) is 2.45. The second-order valence-corrected chi connectivity index (χ2v) is 5.44. The van der Waals surface area contributed by atoms with E-state index >= 15 is 0 Å². The maximum absolute atomic E-state index is 13.1. The van der Waals surface area contributed by atoms with Crippen LogP contribution in [-0.4, -0.2) is 8.42 Å². The summed E-state index contributed by atoms with van der Waals surface area (Å²) >= 11 is 5.43. The molecule has 0 N–H and O–H groups in total. The van der Waals surface area contributed by atoms with Crippen LogP contribution in [0.25, 0.3) is 0 Å². The summed E-state index contributed by atoms with van der Waals surface area (Å²) < 4.78 is 34.7. The molecule has 1 rings (SSSR count). The molecule has 2 nitrogen and oxygen atoms in total. The molecule has 0 unspecified atom stereocenters. The second-order valence-electron chi connectivity index (χ2n) is 2.50. The Morgan fingerprint density at radius 1 is 1.38 bits per heavy atom. The predicted molar refractivity (Wildman–Crippen MR) is 49.2 cm³/mol. The minimum atomic E-state index is -4.07. The summed E-state index contributed by atoms with van der Waals surface area (Å²) in [6.45, 7) is 1.59. The van der Waals surface area contributed by atoms with Gasteiger partial charge in [-0.3, -0.25) is 0 Å². The van der Waals surface area contributed by atoms with Gasteiger partial charge in [-0.1, -0.05) is 11.6 Å². The molecule has 6 heteroatoms. The highest BCUT2D eigenvalue weighted by molar-refractivity contribution is 8.13. The molecule has 72 valence electrons. The molecule has 0 aromatic heterocycles. The predicted octanol–water partition coefficient (Wildman–Crippen LogP) is 2.72. The number of benzene rings is 1. The summed E-state index contributed by atoms with van der Waals surface area (Å²) in [5.74, 6) is -1.01. The highest BCUT2D eigenvalue weighted by Crippen LogP contribution is 2.26. The van der Waals surface area contributed by atoms with Gasteiger partial charge in [0.25, 0.3) is 9.05 Å². The SMILES string of the molecule is Cc1cc(Cl)c(F)c(S(=O)(=O)Cl)c1. The van der Waals surface area contributed by atoms with E-state index in [0.717, 1.165) is 6.07 Å². The molecule has 0 fully saturated rings. The number of hydrogen-bond donors (Lipinski definition) is 0. The first-order valence-electron chi connectivity index (χ1n) is 3.22. The van der Waals surface area contributed by atoms with Gasteiger partial charge in [0.05, 0.1) is 5.02 Å². The van der Waals surface area contributed by atoms with Gasteiger partial charge in [-0.15, -0.1) is 0 Å². The van der Waals surface area contributed by atoms with E-state index in [1.54, 1.807) is 6.92 Å². The van der Waals surface area contributed by atoms with Crippen molar-refractivity contribution in [2.45, 2.75) is 11.8 Å². The number of aryl methyl sites for hydroxylation is 1. The minimum absolute atomic E-state index is 0.251. The lowest BCUT2D eigenvalue weighted by Crippen LogP contribution is -1.96. The molecule has 0 saturated carbocycles. The smallest absolute Gasteiger partial charge is 0.207 e. The minimum Gasteiger partial charge on any atom is -0.207 e. The Labute approximate surface area is 84.7 Å². The summed E-state index contributed by atoms with van der Waals surface area (Å²) in [7, 11) is 0.916. The van der Waals surface area contributed by atoms with Gasteiger partial charge in [0.15, 0.2) is 5.82 Å². The van der Waals surface area contributed by atoms with Crippen molar-refractivity contribution in [1.82, 2.24) is 0 Å². The normalized spacial score (nSPS) is 11.7. The van der Waals surface area contributed by atoms with Gasteiger partial charge in [0.2, 0.25) is 0 Å². The van der Waals surface area contributed by atoms with Crippen LogP contribution in [0.1, 0.15) is 5.56 Å². The Kier molecular flexibility index (Phi) is 2.85. The molecule has 0 amide bonds. The average molecular weight is 243 g/mol. The van der Waals surface area contributed by atoms with Crippen LogP contribution < -0.4 is 0 Å². The topological polar surface area (TPSA) is 34.1 Å². The molecule has 1 aromatic carbocycles. The molecule has 0 atom stereocenters. The first-order chi connectivity index (χ1) is 5.82. The molecule has 0 radical (unpaired) electrons. The standard InChI is InChI=1S/C7H5Cl2FO2S/c1-4-2-5(8)7(10)6(3-4)13(9,11)12/h2-3H,1H3. The Morgan fingerprint density at radius 3 is 2.38 bits per heavy atom. The van der Waals surface area contributed by atoms with Crippen LogP contribution in [0, 0.1) is 12.7 Å². The third-order valence-electron chi connectivity index (χ3n) is 1.40. The first kappa shape index (κ1) is 10.8. The van der Waals surface area contributed by atoms with Crippen molar-refractivity contribution >= 4 is 31.3 Å². The molecule has 0 saturated heterocycles. The quantitative estimate of drug-likeness (QED) is 0.710. The summed E-state index contributed by atoms with van der Waals surface area (Å²) in [6.07, 6.45) is 0. The largest absolute Gasteiger partial charge is 0.264 e. The van der Waals surface area contributed by atoms with Crippen molar-refractivity contribution in [3.63, 3.8) is 0 Å². The lowest BCUT2D eigenvalue weighted by molar-refractivity contribution is 0.575. The third-order valence-corrected chi connectivity index (χ3v) is 3.00. The monoisotopic (exact) mass is 242 g/mol. The van der Waals surface area contributed by atoms with Gasteiger partial charge in [-0.2, -0.15) is 0 Å². The Bertz CT molecular complexity index is 442. The number of rotatable bonds is 1. The van der Waals surface area contributed by atoms with Gasteiger partial charge in [0.1, 0.15) is 4.90 Å². The van der Waals surface area contributed by atoms with Crippen molar-refractivity contribution < 1.29 is 12.8 Å². The molecule has 0 aliphatic rings. The van der Waals surface area contributed by atoms with E-state index in [4.69, 9.17) is 22.3 Å². The number of halogens is 3. The molecule has 13 heavy (non-hydrogen) atoms. The molecular formula is C7H5Cl2FO2S. The average Bonchev–Trinajstić information content (AvgIpc) is 1.94. The van der Waals surface area contributed by atoms with Crippen LogP contribution in [0.2, 0.25) is 5.02 Å². The van der Waals surface area contributed by atoms with Crippen LogP contribution in [-0.2, 0) is 9.05 Å². The molecule has 0 bridgehead atoms. The summed E-state index contributed by atoms with van der Waals surface area (Å²) in [5.41, 5.74) is 0.533. The Morgan fingerprint density at radius 2 is 1.92 bits per heavy atom. The highest BCUT2D eigenvalue weighted by atomic mass is 35.7. The van der Waals surface area contributed by atoms with Crippen LogP contribution in [0.5, 0.6) is 0 Å². The van der Waals surface area contributed by atoms with Crippen molar-refractivity contribution in [3.05, 3.63) is 28.5 Å². The van der Waals surface area contributed by atoms with E-state index in [1.165, 1.54) is 6.07 Å². The van der Waals surface area contributed by atoms with E-state index in [1.807, 2.05) is 0 Å². The summed E-state index contributed by atoms with van der Waals surface area (Å²) in [5, 5.41) is -0.251. The molecule has 1 aromatic rings. The van der Waals surface area contributed by atoms with E-state index in [9.17, 15) is 12.8 Å². The zero-order valence-corrected chi connectivity index (χ0v) is 8.84. The fourth-order valence-electron chi connectivity index (χ4n) is 0.870. The Balaban J connectivity index is 3.56. The highest BCUT2D eigenvalue weighted by Gasteiger charge is 2.18. The molecule has 0 aliphatic carbocycles. The molecular weight excluding hydrogens is 238 g/mol. The second kappa shape index (κ2) is 3.44. The lowest BCUT2D eigenvalue weighted by atomic mass is 10.2. The van der Waals surface area contributed by atoms with Crippen LogP contribution in [0.4, 0.5) is 4.39 Å². The van der Waals surface area contributed by atoms with Crippen LogP contribution in [0.15, 0.2) is 17.0 Å². The molecule has 0 spiro atoms. The van der Waals surface area contributed by atoms with Crippen LogP contribution >= 0.6 is 22.3 Å². The molecule has 0 heterocycles. The lowest BCUT2D eigenvalue weighted by Gasteiger charge is -2.02. The molecule has 0 aliphatic heterocycles. The maximum Gasteiger partial charge on any atom is 0.264 e. The van der Waals surface area contributed by atoms with Gasteiger partial charge in [-0.05, 0) is 24.6 Å². The fraction of sp³-hybridized carbons (Fsp3) is 0.143. The van der Waals surface area contributed by atoms with E-state index < -0.39 is 19.8 Å².